The van der Waals surface area contributed by atoms with E-state index in [9.17, 15) is 13.2 Å². The Morgan fingerprint density at radius 3 is 2.56 bits per heavy atom. The van der Waals surface area contributed by atoms with E-state index >= 15 is 0 Å². The Morgan fingerprint density at radius 1 is 1.25 bits per heavy atom. The lowest BCUT2D eigenvalue weighted by Crippen LogP contribution is -2.28. The molecule has 0 radical (unpaired) electrons. The molecule has 2 unspecified atom stereocenters. The summed E-state index contributed by atoms with van der Waals surface area (Å²) in [6.07, 6.45) is 3.24. The van der Waals surface area contributed by atoms with Gasteiger partial charge in [0, 0.05) is 18.9 Å². The van der Waals surface area contributed by atoms with Crippen LogP contribution in [0.15, 0.2) is 0 Å². The largest absolute Gasteiger partial charge is 0.441 e. The van der Waals surface area contributed by atoms with Gasteiger partial charge in [-0.2, -0.15) is 13.2 Å². The predicted octanol–water partition coefficient (Wildman–Crippen LogP) is 2.24. The molecule has 1 saturated carbocycles. The molecular weight excluding hydrogens is 239 g/mol. The van der Waals surface area contributed by atoms with E-state index in [1.807, 2.05) is 0 Å². The summed E-state index contributed by atoms with van der Waals surface area (Å²) in [6, 6.07) is 0. The van der Waals surface area contributed by atoms with Gasteiger partial charge in [-0.3, -0.25) is 0 Å². The molecule has 0 aromatic rings. The normalized spacial score (nSPS) is 26.2. The molecule has 1 fully saturated rings. The summed E-state index contributed by atoms with van der Waals surface area (Å²) >= 11 is 0.0107. The van der Waals surface area contributed by atoms with E-state index in [0.29, 0.717) is 18.4 Å². The first-order valence-electron chi connectivity index (χ1n) is 5.55. The molecule has 1 aliphatic carbocycles. The highest BCUT2D eigenvalue weighted by atomic mass is 32.2. The van der Waals surface area contributed by atoms with Gasteiger partial charge in [0.05, 0.1) is 0 Å². The standard InChI is InChI=1S/C10H18F3NOS/c11-10(12,13)16-5-4-14-6-8-2-1-3-9(8)7-15/h8-9,14-15H,1-7H2. The Morgan fingerprint density at radius 2 is 1.94 bits per heavy atom. The van der Waals surface area contributed by atoms with Gasteiger partial charge in [-0.05, 0) is 43.0 Å². The van der Waals surface area contributed by atoms with E-state index in [1.165, 1.54) is 0 Å². The minimum Gasteiger partial charge on any atom is -0.396 e. The van der Waals surface area contributed by atoms with Crippen LogP contribution in [0.3, 0.4) is 0 Å². The molecule has 96 valence electrons. The molecule has 2 N–H and O–H groups in total. The van der Waals surface area contributed by atoms with Crippen LogP contribution in [0.5, 0.6) is 0 Å². The van der Waals surface area contributed by atoms with E-state index in [1.54, 1.807) is 0 Å². The fourth-order valence-corrected chi connectivity index (χ4v) is 2.63. The highest BCUT2D eigenvalue weighted by Crippen LogP contribution is 2.31. The van der Waals surface area contributed by atoms with Crippen molar-refractivity contribution in [2.45, 2.75) is 24.8 Å². The maximum Gasteiger partial charge on any atom is 0.441 e. The van der Waals surface area contributed by atoms with Gasteiger partial charge in [-0.15, -0.1) is 0 Å². The SMILES string of the molecule is OCC1CCCC1CNCCSC(F)(F)F. The molecule has 0 heterocycles. The van der Waals surface area contributed by atoms with Crippen LogP contribution in [0.1, 0.15) is 19.3 Å². The van der Waals surface area contributed by atoms with Crippen molar-refractivity contribution >= 4 is 11.8 Å². The predicted molar refractivity (Wildman–Crippen MR) is 59.3 cm³/mol. The van der Waals surface area contributed by atoms with Gasteiger partial charge in [0.2, 0.25) is 0 Å². The van der Waals surface area contributed by atoms with Crippen molar-refractivity contribution in [3.8, 4) is 0 Å². The summed E-state index contributed by atoms with van der Waals surface area (Å²) in [5, 5.41) is 12.1. The fourth-order valence-electron chi connectivity index (χ4n) is 2.15. The lowest BCUT2D eigenvalue weighted by Gasteiger charge is -2.17. The van der Waals surface area contributed by atoms with Gasteiger partial charge in [0.15, 0.2) is 0 Å². The molecule has 6 heteroatoms. The van der Waals surface area contributed by atoms with Crippen molar-refractivity contribution in [2.24, 2.45) is 11.8 Å². The zero-order valence-electron chi connectivity index (χ0n) is 9.09. The number of nitrogens with one attached hydrogen (secondary N) is 1. The minimum atomic E-state index is -4.12. The lowest BCUT2D eigenvalue weighted by atomic mass is 9.97. The summed E-state index contributed by atoms with van der Waals surface area (Å²) in [6.45, 7) is 1.30. The molecule has 0 aromatic carbocycles. The number of hydrogen-bond acceptors (Lipinski definition) is 3. The van der Waals surface area contributed by atoms with Crippen molar-refractivity contribution in [1.82, 2.24) is 5.32 Å². The van der Waals surface area contributed by atoms with Crippen LogP contribution >= 0.6 is 11.8 Å². The van der Waals surface area contributed by atoms with Crippen LogP contribution in [0.25, 0.3) is 0 Å². The maximum atomic E-state index is 11.8. The summed E-state index contributed by atoms with van der Waals surface area (Å²) in [7, 11) is 0. The van der Waals surface area contributed by atoms with E-state index in [0.717, 1.165) is 25.8 Å². The number of thioether (sulfide) groups is 1. The van der Waals surface area contributed by atoms with Crippen LogP contribution in [-0.4, -0.2) is 36.1 Å². The molecule has 2 nitrogen and oxygen atoms in total. The Kier molecular flexibility index (Phi) is 5.92. The van der Waals surface area contributed by atoms with Crippen molar-refractivity contribution in [2.75, 3.05) is 25.4 Å². The number of rotatable bonds is 6. The maximum absolute atomic E-state index is 11.8. The molecule has 0 saturated heterocycles. The molecule has 0 aromatic heterocycles. The van der Waals surface area contributed by atoms with Gasteiger partial charge in [0.1, 0.15) is 0 Å². The van der Waals surface area contributed by atoms with E-state index in [4.69, 9.17) is 5.11 Å². The van der Waals surface area contributed by atoms with Gasteiger partial charge >= 0.3 is 5.51 Å². The second kappa shape index (κ2) is 6.71. The first-order chi connectivity index (χ1) is 7.53. The Hall–Kier alpha value is 0.0600. The Labute approximate surface area is 98.0 Å². The molecule has 0 spiro atoms. The third kappa shape index (κ3) is 5.41. The zero-order chi connectivity index (χ0) is 12.0. The number of alkyl halides is 3. The van der Waals surface area contributed by atoms with Crippen LogP contribution in [0.2, 0.25) is 0 Å². The average molecular weight is 257 g/mol. The third-order valence-electron chi connectivity index (χ3n) is 3.00. The van der Waals surface area contributed by atoms with Crippen LogP contribution in [0.4, 0.5) is 13.2 Å². The number of halogens is 3. The number of aliphatic hydroxyl groups excluding tert-OH is 1. The molecule has 0 bridgehead atoms. The fraction of sp³-hybridized carbons (Fsp3) is 1.00. The van der Waals surface area contributed by atoms with E-state index < -0.39 is 5.51 Å². The second-order valence-corrected chi connectivity index (χ2v) is 5.29. The lowest BCUT2D eigenvalue weighted by molar-refractivity contribution is -0.0327. The van der Waals surface area contributed by atoms with Crippen LogP contribution in [-0.2, 0) is 0 Å². The zero-order valence-corrected chi connectivity index (χ0v) is 9.91. The molecule has 1 rings (SSSR count). The van der Waals surface area contributed by atoms with E-state index in [-0.39, 0.29) is 24.1 Å². The van der Waals surface area contributed by atoms with Gasteiger partial charge in [0.25, 0.3) is 0 Å². The quantitative estimate of drug-likeness (QED) is 0.716. The van der Waals surface area contributed by atoms with Gasteiger partial charge in [-0.1, -0.05) is 6.42 Å². The summed E-state index contributed by atoms with van der Waals surface area (Å²) in [5.41, 5.74) is -4.12. The molecule has 2 atom stereocenters. The van der Waals surface area contributed by atoms with Crippen LogP contribution in [0, 0.1) is 11.8 Å². The monoisotopic (exact) mass is 257 g/mol. The minimum absolute atomic E-state index is 0.0107. The first kappa shape index (κ1) is 14.1. The third-order valence-corrected chi connectivity index (χ3v) is 3.74. The van der Waals surface area contributed by atoms with Crippen LogP contribution < -0.4 is 5.32 Å². The number of aliphatic hydroxyl groups is 1. The van der Waals surface area contributed by atoms with Crippen molar-refractivity contribution < 1.29 is 18.3 Å². The Balaban J connectivity index is 2.03. The molecule has 16 heavy (non-hydrogen) atoms. The molecule has 0 amide bonds. The van der Waals surface area contributed by atoms with Crippen molar-refractivity contribution in [1.29, 1.82) is 0 Å². The summed E-state index contributed by atoms with van der Waals surface area (Å²) in [4.78, 5) is 0. The topological polar surface area (TPSA) is 32.3 Å². The second-order valence-electron chi connectivity index (χ2n) is 4.13. The summed E-state index contributed by atoms with van der Waals surface area (Å²) in [5.74, 6) is 0.823. The molecular formula is C10H18F3NOS. The average Bonchev–Trinajstić information content (AvgIpc) is 2.63. The highest BCUT2D eigenvalue weighted by molar-refractivity contribution is 8.00. The Bertz CT molecular complexity index is 201. The summed E-state index contributed by atoms with van der Waals surface area (Å²) < 4.78 is 35.4. The molecule has 0 aliphatic heterocycles. The van der Waals surface area contributed by atoms with Crippen molar-refractivity contribution in [3.05, 3.63) is 0 Å². The first-order valence-corrected chi connectivity index (χ1v) is 6.54. The van der Waals surface area contributed by atoms with Gasteiger partial charge in [-0.25, -0.2) is 0 Å². The van der Waals surface area contributed by atoms with E-state index in [2.05, 4.69) is 5.32 Å². The van der Waals surface area contributed by atoms with Crippen molar-refractivity contribution in [3.63, 3.8) is 0 Å². The number of hydrogen-bond donors (Lipinski definition) is 2. The smallest absolute Gasteiger partial charge is 0.396 e. The highest BCUT2D eigenvalue weighted by Gasteiger charge is 2.28. The molecule has 1 aliphatic rings. The van der Waals surface area contributed by atoms with Gasteiger partial charge < -0.3 is 10.4 Å².